The van der Waals surface area contributed by atoms with Crippen LogP contribution in [0.3, 0.4) is 0 Å². The zero-order chi connectivity index (χ0) is 21.2. The fourth-order valence-corrected chi connectivity index (χ4v) is 3.63. The van der Waals surface area contributed by atoms with Crippen LogP contribution in [0.1, 0.15) is 2.74 Å². The van der Waals surface area contributed by atoms with Crippen molar-refractivity contribution in [3.63, 3.8) is 0 Å². The Hall–Kier alpha value is -3.84. The highest BCUT2D eigenvalue weighted by molar-refractivity contribution is 5.96. The first-order valence-corrected chi connectivity index (χ1v) is 9.71. The van der Waals surface area contributed by atoms with Crippen molar-refractivity contribution in [2.75, 3.05) is 5.32 Å². The van der Waals surface area contributed by atoms with Gasteiger partial charge in [0, 0.05) is 11.4 Å². The summed E-state index contributed by atoms with van der Waals surface area (Å²) in [5, 5.41) is 5.12. The van der Waals surface area contributed by atoms with Gasteiger partial charge in [-0.2, -0.15) is 0 Å². The van der Waals surface area contributed by atoms with Gasteiger partial charge < -0.3 is 5.32 Å². The normalized spacial score (nSPS) is 11.7. The van der Waals surface area contributed by atoms with E-state index in [1.165, 1.54) is 11.1 Å². The van der Waals surface area contributed by atoms with Gasteiger partial charge in [-0.15, -0.1) is 0 Å². The van der Waals surface area contributed by atoms with Crippen LogP contribution in [-0.2, 0) is 0 Å². The molecule has 0 aliphatic carbocycles. The number of nitrogens with one attached hydrogen (secondary N) is 1. The molecular weight excluding hydrogens is 350 g/mol. The molecule has 0 atom stereocenters. The van der Waals surface area contributed by atoms with Gasteiger partial charge in [0.2, 0.25) is 0 Å². The molecule has 1 heteroatoms. The molecule has 0 saturated heterocycles. The van der Waals surface area contributed by atoms with E-state index in [-0.39, 0.29) is 0 Å². The zero-order valence-electron chi connectivity index (χ0n) is 17.9. The Bertz CT molecular complexity index is 1360. The topological polar surface area (TPSA) is 12.0 Å². The molecule has 5 aromatic rings. The zero-order valence-corrected chi connectivity index (χ0v) is 15.9. The average molecular weight is 373 g/mol. The van der Waals surface area contributed by atoms with Crippen LogP contribution in [0.2, 0.25) is 0 Å². The maximum absolute atomic E-state index is 8.34. The SMILES string of the molecule is [2H]c1ccc([2H])c2c(-c3ccc(Nc4cccc(-c5ccccc5)c4)cc3)cccc12. The molecule has 0 amide bonds. The Morgan fingerprint density at radius 1 is 0.517 bits per heavy atom. The summed E-state index contributed by atoms with van der Waals surface area (Å²) in [6.07, 6.45) is 0. The average Bonchev–Trinajstić information content (AvgIpc) is 2.82. The van der Waals surface area contributed by atoms with Crippen LogP contribution in [0.15, 0.2) is 121 Å². The molecule has 5 aromatic carbocycles. The summed E-state index contributed by atoms with van der Waals surface area (Å²) in [6.45, 7) is 0. The van der Waals surface area contributed by atoms with Gasteiger partial charge in [-0.3, -0.25) is 0 Å². The predicted octanol–water partition coefficient (Wildman–Crippen LogP) is 7.92. The Morgan fingerprint density at radius 3 is 2.14 bits per heavy atom. The minimum atomic E-state index is 0.446. The molecule has 138 valence electrons. The smallest absolute Gasteiger partial charge is 0.0629 e. The first-order valence-electron chi connectivity index (χ1n) is 10.7. The van der Waals surface area contributed by atoms with E-state index in [0.29, 0.717) is 12.1 Å². The number of hydrogen-bond acceptors (Lipinski definition) is 1. The Morgan fingerprint density at radius 2 is 1.28 bits per heavy atom. The molecular formula is C28H21N. The molecule has 0 radical (unpaired) electrons. The minimum absolute atomic E-state index is 0.446. The second-order valence-corrected chi connectivity index (χ2v) is 7.00. The van der Waals surface area contributed by atoms with Gasteiger partial charge in [0.1, 0.15) is 0 Å². The van der Waals surface area contributed by atoms with Crippen LogP contribution < -0.4 is 5.32 Å². The molecule has 0 heterocycles. The number of benzene rings is 5. The van der Waals surface area contributed by atoms with E-state index in [9.17, 15) is 0 Å². The Balaban J connectivity index is 1.45. The lowest BCUT2D eigenvalue weighted by molar-refractivity contribution is 1.53. The first kappa shape index (κ1) is 15.1. The van der Waals surface area contributed by atoms with E-state index < -0.39 is 0 Å². The first-order chi connectivity index (χ1) is 15.2. The van der Waals surface area contributed by atoms with E-state index in [2.05, 4.69) is 66.0 Å². The fourth-order valence-electron chi connectivity index (χ4n) is 3.63. The van der Waals surface area contributed by atoms with Crippen LogP contribution in [-0.4, -0.2) is 0 Å². The van der Waals surface area contributed by atoms with Crippen molar-refractivity contribution in [2.45, 2.75) is 0 Å². The largest absolute Gasteiger partial charge is 0.356 e. The van der Waals surface area contributed by atoms with E-state index in [0.717, 1.165) is 33.3 Å². The molecule has 0 unspecified atom stereocenters. The van der Waals surface area contributed by atoms with E-state index >= 15 is 0 Å². The molecule has 5 rings (SSSR count). The lowest BCUT2D eigenvalue weighted by atomic mass is 9.98. The van der Waals surface area contributed by atoms with E-state index in [1.54, 1.807) is 12.1 Å². The number of anilines is 2. The van der Waals surface area contributed by atoms with Crippen LogP contribution in [0.4, 0.5) is 11.4 Å². The van der Waals surface area contributed by atoms with E-state index in [1.807, 2.05) is 36.4 Å². The molecule has 0 aliphatic rings. The molecule has 0 bridgehead atoms. The lowest BCUT2D eigenvalue weighted by Gasteiger charge is -2.11. The highest BCUT2D eigenvalue weighted by Crippen LogP contribution is 2.30. The van der Waals surface area contributed by atoms with Crippen molar-refractivity contribution in [3.8, 4) is 22.3 Å². The van der Waals surface area contributed by atoms with Crippen LogP contribution in [0.5, 0.6) is 0 Å². The summed E-state index contributed by atoms with van der Waals surface area (Å²) in [5.41, 5.74) is 6.42. The second kappa shape index (κ2) is 7.65. The van der Waals surface area contributed by atoms with Crippen molar-refractivity contribution in [1.29, 1.82) is 0 Å². The van der Waals surface area contributed by atoms with Crippen molar-refractivity contribution < 1.29 is 2.74 Å². The number of hydrogen-bond donors (Lipinski definition) is 1. The summed E-state index contributed by atoms with van der Waals surface area (Å²) in [6, 6.07) is 37.1. The van der Waals surface area contributed by atoms with Crippen molar-refractivity contribution in [2.24, 2.45) is 0 Å². The van der Waals surface area contributed by atoms with Gasteiger partial charge in [0.05, 0.1) is 2.74 Å². The molecule has 0 spiro atoms. The summed E-state index contributed by atoms with van der Waals surface area (Å²) >= 11 is 0. The fraction of sp³-hybridized carbons (Fsp3) is 0. The van der Waals surface area contributed by atoms with Crippen molar-refractivity contribution in [3.05, 3.63) is 121 Å². The summed E-state index contributed by atoms with van der Waals surface area (Å²) < 4.78 is 16.5. The quantitative estimate of drug-likeness (QED) is 0.337. The summed E-state index contributed by atoms with van der Waals surface area (Å²) in [7, 11) is 0. The van der Waals surface area contributed by atoms with Gasteiger partial charge in [-0.1, -0.05) is 97.0 Å². The summed E-state index contributed by atoms with van der Waals surface area (Å²) in [4.78, 5) is 0. The standard InChI is InChI=1S/C28H21N/c1-2-8-21(9-3-1)24-12-6-13-26(20-24)29-25-18-16-23(17-19-25)28-15-7-11-22-10-4-5-14-27(22)28/h1-20,29H/i10D,14D. The highest BCUT2D eigenvalue weighted by atomic mass is 14.9. The van der Waals surface area contributed by atoms with Crippen molar-refractivity contribution in [1.82, 2.24) is 0 Å². The third kappa shape index (κ3) is 3.63. The Labute approximate surface area is 174 Å². The third-order valence-electron chi connectivity index (χ3n) is 5.07. The van der Waals surface area contributed by atoms with Gasteiger partial charge in [-0.05, 0) is 57.3 Å². The maximum atomic E-state index is 8.34. The molecule has 0 aromatic heterocycles. The van der Waals surface area contributed by atoms with Crippen LogP contribution in [0, 0.1) is 0 Å². The Kier molecular flexibility index (Phi) is 3.99. The highest BCUT2D eigenvalue weighted by Gasteiger charge is 2.04. The lowest BCUT2D eigenvalue weighted by Crippen LogP contribution is -1.91. The van der Waals surface area contributed by atoms with Crippen molar-refractivity contribution >= 4 is 22.1 Å². The summed E-state index contributed by atoms with van der Waals surface area (Å²) in [5.74, 6) is 0. The molecule has 29 heavy (non-hydrogen) atoms. The van der Waals surface area contributed by atoms with Gasteiger partial charge in [-0.25, -0.2) is 0 Å². The number of fused-ring (bicyclic) bond motifs is 1. The van der Waals surface area contributed by atoms with Crippen LogP contribution >= 0.6 is 0 Å². The molecule has 0 fully saturated rings. The van der Waals surface area contributed by atoms with Gasteiger partial charge in [0.15, 0.2) is 0 Å². The predicted molar refractivity (Wildman–Crippen MR) is 125 cm³/mol. The maximum Gasteiger partial charge on any atom is 0.0629 e. The van der Waals surface area contributed by atoms with E-state index in [4.69, 9.17) is 2.74 Å². The monoisotopic (exact) mass is 373 g/mol. The van der Waals surface area contributed by atoms with Crippen LogP contribution in [0.25, 0.3) is 33.0 Å². The minimum Gasteiger partial charge on any atom is -0.356 e. The van der Waals surface area contributed by atoms with Gasteiger partial charge >= 0.3 is 0 Å². The number of rotatable bonds is 4. The second-order valence-electron chi connectivity index (χ2n) is 7.00. The van der Waals surface area contributed by atoms with Gasteiger partial charge in [0.25, 0.3) is 0 Å². The molecule has 1 N–H and O–H groups in total. The molecule has 0 aliphatic heterocycles. The molecule has 1 nitrogen and oxygen atoms in total. The third-order valence-corrected chi connectivity index (χ3v) is 5.07. The molecule has 0 saturated carbocycles.